The zero-order chi connectivity index (χ0) is 8.27. The van der Waals surface area contributed by atoms with Crippen LogP contribution in [0, 0.1) is 5.92 Å². The summed E-state index contributed by atoms with van der Waals surface area (Å²) < 4.78 is 0. The molecule has 0 aliphatic carbocycles. The van der Waals surface area contributed by atoms with Crippen molar-refractivity contribution in [3.8, 4) is 0 Å². The van der Waals surface area contributed by atoms with E-state index in [2.05, 4.69) is 10.2 Å². The van der Waals surface area contributed by atoms with Crippen molar-refractivity contribution in [1.29, 1.82) is 0 Å². The van der Waals surface area contributed by atoms with E-state index in [9.17, 15) is 4.79 Å². The molecular formula is C7H11N3O. The first-order valence-corrected chi connectivity index (χ1v) is 3.53. The lowest BCUT2D eigenvalue weighted by molar-refractivity contribution is -0.110. The Bertz CT molecular complexity index is 244. The summed E-state index contributed by atoms with van der Waals surface area (Å²) in [6.45, 7) is 1.86. The van der Waals surface area contributed by atoms with Crippen LogP contribution in [-0.2, 0) is 18.3 Å². The fourth-order valence-electron chi connectivity index (χ4n) is 0.859. The third-order valence-electron chi connectivity index (χ3n) is 1.41. The van der Waals surface area contributed by atoms with E-state index in [-0.39, 0.29) is 5.92 Å². The van der Waals surface area contributed by atoms with Gasteiger partial charge in [-0.05, 0) is 0 Å². The van der Waals surface area contributed by atoms with Crippen molar-refractivity contribution in [2.45, 2.75) is 13.3 Å². The predicted molar refractivity (Wildman–Crippen MR) is 39.9 cm³/mol. The molecule has 1 aromatic heterocycles. The van der Waals surface area contributed by atoms with Gasteiger partial charge in [-0.1, -0.05) is 6.92 Å². The highest BCUT2D eigenvalue weighted by molar-refractivity contribution is 5.53. The van der Waals surface area contributed by atoms with E-state index in [0.29, 0.717) is 6.42 Å². The van der Waals surface area contributed by atoms with Gasteiger partial charge in [0.2, 0.25) is 0 Å². The highest BCUT2D eigenvalue weighted by Crippen LogP contribution is 2.00. The van der Waals surface area contributed by atoms with Crippen molar-refractivity contribution in [2.24, 2.45) is 13.0 Å². The van der Waals surface area contributed by atoms with Crippen LogP contribution < -0.4 is 0 Å². The maximum atomic E-state index is 10.3. The van der Waals surface area contributed by atoms with Crippen LogP contribution in [0.2, 0.25) is 0 Å². The molecule has 1 unspecified atom stereocenters. The van der Waals surface area contributed by atoms with Crippen molar-refractivity contribution in [2.75, 3.05) is 0 Å². The Morgan fingerprint density at radius 2 is 2.55 bits per heavy atom. The Balaban J connectivity index is 2.57. The highest BCUT2D eigenvalue weighted by atomic mass is 16.1. The minimum Gasteiger partial charge on any atom is -0.303 e. The first-order chi connectivity index (χ1) is 5.22. The van der Waals surface area contributed by atoms with Crippen LogP contribution in [0.3, 0.4) is 0 Å². The Morgan fingerprint density at radius 1 is 1.82 bits per heavy atom. The molecular weight excluding hydrogens is 142 g/mol. The van der Waals surface area contributed by atoms with Crippen LogP contribution in [0.15, 0.2) is 6.20 Å². The molecule has 0 spiro atoms. The fraction of sp³-hybridized carbons (Fsp3) is 0.571. The van der Waals surface area contributed by atoms with E-state index in [4.69, 9.17) is 0 Å². The topological polar surface area (TPSA) is 47.8 Å². The number of carbonyl (C=O) groups excluding carboxylic acids is 1. The van der Waals surface area contributed by atoms with Gasteiger partial charge in [0.25, 0.3) is 0 Å². The molecule has 0 aromatic carbocycles. The Hall–Kier alpha value is -1.19. The molecule has 4 heteroatoms. The average molecular weight is 153 g/mol. The van der Waals surface area contributed by atoms with Gasteiger partial charge < -0.3 is 4.79 Å². The van der Waals surface area contributed by atoms with Crippen LogP contribution in [-0.4, -0.2) is 21.3 Å². The lowest BCUT2D eigenvalue weighted by Crippen LogP contribution is -2.01. The van der Waals surface area contributed by atoms with E-state index in [0.717, 1.165) is 12.0 Å². The van der Waals surface area contributed by atoms with Crippen LogP contribution in [0.1, 0.15) is 12.6 Å². The molecule has 0 amide bonds. The molecule has 0 saturated carbocycles. The molecule has 0 saturated heterocycles. The molecule has 4 nitrogen and oxygen atoms in total. The van der Waals surface area contributed by atoms with Gasteiger partial charge in [0.15, 0.2) is 0 Å². The molecule has 1 rings (SSSR count). The van der Waals surface area contributed by atoms with Crippen LogP contribution in [0.5, 0.6) is 0 Å². The van der Waals surface area contributed by atoms with Crippen molar-refractivity contribution >= 4 is 6.29 Å². The molecule has 1 heterocycles. The van der Waals surface area contributed by atoms with Gasteiger partial charge in [0.1, 0.15) is 6.29 Å². The maximum Gasteiger partial charge on any atom is 0.123 e. The number of aromatic nitrogens is 3. The first kappa shape index (κ1) is 7.91. The molecule has 11 heavy (non-hydrogen) atoms. The van der Waals surface area contributed by atoms with Crippen molar-refractivity contribution in [3.63, 3.8) is 0 Å². The largest absolute Gasteiger partial charge is 0.303 e. The summed E-state index contributed by atoms with van der Waals surface area (Å²) in [4.78, 5) is 11.8. The molecule has 0 aliphatic rings. The summed E-state index contributed by atoms with van der Waals surface area (Å²) in [5.41, 5.74) is 0.868. The summed E-state index contributed by atoms with van der Waals surface area (Å²) in [5, 5.41) is 7.94. The zero-order valence-electron chi connectivity index (χ0n) is 6.69. The second-order valence-corrected chi connectivity index (χ2v) is 2.64. The van der Waals surface area contributed by atoms with Gasteiger partial charge in [0.05, 0.1) is 11.9 Å². The van der Waals surface area contributed by atoms with E-state index < -0.39 is 0 Å². The van der Waals surface area contributed by atoms with E-state index in [1.165, 1.54) is 4.80 Å². The summed E-state index contributed by atoms with van der Waals surface area (Å²) in [6.07, 6.45) is 3.28. The van der Waals surface area contributed by atoms with Crippen LogP contribution in [0.4, 0.5) is 0 Å². The molecule has 0 aliphatic heterocycles. The minimum atomic E-state index is 0.0340. The molecule has 0 N–H and O–H groups in total. The van der Waals surface area contributed by atoms with Gasteiger partial charge >= 0.3 is 0 Å². The molecule has 1 aromatic rings. The maximum absolute atomic E-state index is 10.3. The van der Waals surface area contributed by atoms with E-state index in [1.54, 1.807) is 13.2 Å². The number of rotatable bonds is 3. The number of aryl methyl sites for hydroxylation is 1. The molecule has 60 valence electrons. The summed E-state index contributed by atoms with van der Waals surface area (Å²) in [5.74, 6) is 0.0340. The summed E-state index contributed by atoms with van der Waals surface area (Å²) in [6, 6.07) is 0. The monoisotopic (exact) mass is 153 g/mol. The highest BCUT2D eigenvalue weighted by Gasteiger charge is 2.03. The third kappa shape index (κ3) is 2.14. The van der Waals surface area contributed by atoms with E-state index >= 15 is 0 Å². The summed E-state index contributed by atoms with van der Waals surface area (Å²) in [7, 11) is 1.76. The number of hydrogen-bond acceptors (Lipinski definition) is 3. The molecule has 0 radical (unpaired) electrons. The Kier molecular flexibility index (Phi) is 2.36. The van der Waals surface area contributed by atoms with E-state index in [1.807, 2.05) is 6.92 Å². The summed E-state index contributed by atoms with van der Waals surface area (Å²) >= 11 is 0. The number of carbonyl (C=O) groups is 1. The lowest BCUT2D eigenvalue weighted by atomic mass is 10.1. The lowest BCUT2D eigenvalue weighted by Gasteiger charge is -1.96. The van der Waals surface area contributed by atoms with Gasteiger partial charge in [0, 0.05) is 19.4 Å². The second-order valence-electron chi connectivity index (χ2n) is 2.64. The average Bonchev–Trinajstić information content (AvgIpc) is 2.35. The van der Waals surface area contributed by atoms with Gasteiger partial charge in [-0.2, -0.15) is 15.0 Å². The zero-order valence-corrected chi connectivity index (χ0v) is 6.69. The van der Waals surface area contributed by atoms with Crippen LogP contribution in [0.25, 0.3) is 0 Å². The minimum absolute atomic E-state index is 0.0340. The third-order valence-corrected chi connectivity index (χ3v) is 1.41. The standard InChI is InChI=1S/C7H11N3O/c1-6(5-11)3-7-4-8-10(2)9-7/h4-6H,3H2,1-2H3. The first-order valence-electron chi connectivity index (χ1n) is 3.53. The second kappa shape index (κ2) is 3.27. The molecule has 0 bridgehead atoms. The van der Waals surface area contributed by atoms with Gasteiger partial charge in [-0.25, -0.2) is 0 Å². The number of aldehydes is 1. The van der Waals surface area contributed by atoms with Gasteiger partial charge in [-0.3, -0.25) is 0 Å². The number of nitrogens with zero attached hydrogens (tertiary/aromatic N) is 3. The SMILES string of the molecule is CC(C=O)Cc1cnn(C)n1. The fourth-order valence-corrected chi connectivity index (χ4v) is 0.859. The number of hydrogen-bond donors (Lipinski definition) is 0. The Labute approximate surface area is 65.2 Å². The molecule has 0 fully saturated rings. The smallest absolute Gasteiger partial charge is 0.123 e. The van der Waals surface area contributed by atoms with Crippen LogP contribution >= 0.6 is 0 Å². The Morgan fingerprint density at radius 3 is 3.00 bits per heavy atom. The van der Waals surface area contributed by atoms with Crippen molar-refractivity contribution < 1.29 is 4.79 Å². The van der Waals surface area contributed by atoms with Crippen molar-refractivity contribution in [1.82, 2.24) is 15.0 Å². The normalized spacial score (nSPS) is 12.9. The van der Waals surface area contributed by atoms with Gasteiger partial charge in [-0.15, -0.1) is 0 Å². The molecule has 1 atom stereocenters. The predicted octanol–water partition coefficient (Wildman–Crippen LogP) is 0.193. The quantitative estimate of drug-likeness (QED) is 0.582. The van der Waals surface area contributed by atoms with Crippen molar-refractivity contribution in [3.05, 3.63) is 11.9 Å².